The molecule has 1 aromatic carbocycles. The van der Waals surface area contributed by atoms with Crippen LogP contribution >= 0.6 is 0 Å². The van der Waals surface area contributed by atoms with Gasteiger partial charge < -0.3 is 10.1 Å². The van der Waals surface area contributed by atoms with Gasteiger partial charge in [-0.25, -0.2) is 9.48 Å². The number of esters is 1. The lowest BCUT2D eigenvalue weighted by Crippen LogP contribution is -2.31. The highest BCUT2D eigenvalue weighted by Gasteiger charge is 2.21. The first-order chi connectivity index (χ1) is 14.7. The van der Waals surface area contributed by atoms with Gasteiger partial charge in [0.25, 0.3) is 11.2 Å². The standard InChI is InChI=1S/C20H19N5O6/c1-12-4-6-14(7-5-12)24-17(8-13(2)22-24)21-18(26)11-23-10-15(25(29)30)9-16(19(23)27)20(28)31-3/h4-10H,11H2,1-3H3,(H,21,26). The van der Waals surface area contributed by atoms with Crippen molar-refractivity contribution in [1.82, 2.24) is 14.3 Å². The lowest BCUT2D eigenvalue weighted by Gasteiger charge is -2.11. The molecule has 1 amide bonds. The molecule has 2 heterocycles. The minimum Gasteiger partial charge on any atom is -0.465 e. The number of nitrogens with one attached hydrogen (secondary N) is 1. The summed E-state index contributed by atoms with van der Waals surface area (Å²) in [5, 5.41) is 18.2. The molecule has 0 aliphatic carbocycles. The van der Waals surface area contributed by atoms with Crippen LogP contribution in [0.15, 0.2) is 47.4 Å². The molecule has 0 aliphatic rings. The molecular formula is C20H19N5O6. The zero-order valence-corrected chi connectivity index (χ0v) is 17.0. The molecule has 160 valence electrons. The predicted octanol–water partition coefficient (Wildman–Crippen LogP) is 1.98. The normalized spacial score (nSPS) is 10.5. The van der Waals surface area contributed by atoms with Gasteiger partial charge >= 0.3 is 5.97 Å². The fourth-order valence-electron chi connectivity index (χ4n) is 2.90. The number of rotatable bonds is 6. The fraction of sp³-hybridized carbons (Fsp3) is 0.200. The van der Waals surface area contributed by atoms with E-state index in [1.165, 1.54) is 4.68 Å². The summed E-state index contributed by atoms with van der Waals surface area (Å²) in [5.74, 6) is -1.30. The van der Waals surface area contributed by atoms with E-state index in [1.807, 2.05) is 31.2 Å². The second kappa shape index (κ2) is 8.61. The van der Waals surface area contributed by atoms with Gasteiger partial charge in [-0.05, 0) is 26.0 Å². The second-order valence-corrected chi connectivity index (χ2v) is 6.76. The molecule has 31 heavy (non-hydrogen) atoms. The van der Waals surface area contributed by atoms with Crippen LogP contribution in [0.1, 0.15) is 21.6 Å². The number of aromatic nitrogens is 3. The van der Waals surface area contributed by atoms with Crippen LogP contribution in [-0.2, 0) is 16.1 Å². The van der Waals surface area contributed by atoms with Crippen molar-refractivity contribution in [1.29, 1.82) is 0 Å². The Morgan fingerprint density at radius 1 is 1.19 bits per heavy atom. The topological polar surface area (TPSA) is 138 Å². The summed E-state index contributed by atoms with van der Waals surface area (Å²) in [4.78, 5) is 47.3. The Hall–Kier alpha value is -4.28. The van der Waals surface area contributed by atoms with Crippen LogP contribution in [0.3, 0.4) is 0 Å². The highest BCUT2D eigenvalue weighted by atomic mass is 16.6. The van der Waals surface area contributed by atoms with E-state index < -0.39 is 40.2 Å². The quantitative estimate of drug-likeness (QED) is 0.362. The molecule has 3 aromatic rings. The summed E-state index contributed by atoms with van der Waals surface area (Å²) in [6.07, 6.45) is 0.900. The lowest BCUT2D eigenvalue weighted by atomic mass is 10.2. The second-order valence-electron chi connectivity index (χ2n) is 6.76. The fourth-order valence-corrected chi connectivity index (χ4v) is 2.90. The van der Waals surface area contributed by atoms with Crippen LogP contribution in [0.2, 0.25) is 0 Å². The van der Waals surface area contributed by atoms with E-state index in [0.717, 1.165) is 35.2 Å². The van der Waals surface area contributed by atoms with Gasteiger partial charge in [0, 0.05) is 12.1 Å². The number of ether oxygens (including phenoxy) is 1. The van der Waals surface area contributed by atoms with Crippen molar-refractivity contribution in [2.24, 2.45) is 0 Å². The summed E-state index contributed by atoms with van der Waals surface area (Å²) in [6, 6.07) is 9.94. The van der Waals surface area contributed by atoms with Crippen LogP contribution in [0.4, 0.5) is 11.5 Å². The zero-order valence-electron chi connectivity index (χ0n) is 17.0. The van der Waals surface area contributed by atoms with Crippen molar-refractivity contribution in [3.63, 3.8) is 0 Å². The number of nitrogens with zero attached hydrogens (tertiary/aromatic N) is 4. The van der Waals surface area contributed by atoms with Crippen molar-refractivity contribution in [3.8, 4) is 5.69 Å². The van der Waals surface area contributed by atoms with Crippen LogP contribution in [0.5, 0.6) is 0 Å². The number of benzene rings is 1. The molecule has 0 radical (unpaired) electrons. The maximum absolute atomic E-state index is 12.6. The Morgan fingerprint density at radius 3 is 2.48 bits per heavy atom. The average molecular weight is 425 g/mol. The number of carbonyl (C=O) groups excluding carboxylic acids is 2. The minimum absolute atomic E-state index is 0.359. The maximum atomic E-state index is 12.6. The van der Waals surface area contributed by atoms with Gasteiger partial charge in [-0.2, -0.15) is 5.10 Å². The molecule has 0 unspecified atom stereocenters. The largest absolute Gasteiger partial charge is 0.465 e. The SMILES string of the molecule is COC(=O)c1cc([N+](=O)[O-])cn(CC(=O)Nc2cc(C)nn2-c2ccc(C)cc2)c1=O. The van der Waals surface area contributed by atoms with Gasteiger partial charge in [-0.15, -0.1) is 0 Å². The third-order valence-electron chi connectivity index (χ3n) is 4.38. The molecular weight excluding hydrogens is 406 g/mol. The molecule has 1 N–H and O–H groups in total. The van der Waals surface area contributed by atoms with Gasteiger partial charge in [0.15, 0.2) is 0 Å². The summed E-state index contributed by atoms with van der Waals surface area (Å²) in [5.41, 5.74) is 0.490. The first kappa shape index (κ1) is 21.4. The number of hydrogen-bond acceptors (Lipinski definition) is 7. The van der Waals surface area contributed by atoms with Crippen molar-refractivity contribution < 1.29 is 19.2 Å². The Labute approximate surface area is 176 Å². The molecule has 11 heteroatoms. The van der Waals surface area contributed by atoms with Crippen LogP contribution in [0.25, 0.3) is 5.69 Å². The van der Waals surface area contributed by atoms with Gasteiger partial charge in [0.1, 0.15) is 17.9 Å². The maximum Gasteiger partial charge on any atom is 0.343 e. The van der Waals surface area contributed by atoms with Crippen molar-refractivity contribution in [2.75, 3.05) is 12.4 Å². The molecule has 0 saturated carbocycles. The number of nitro groups is 1. The van der Waals surface area contributed by atoms with Crippen molar-refractivity contribution >= 4 is 23.4 Å². The first-order valence-corrected chi connectivity index (χ1v) is 9.10. The number of pyridine rings is 1. The van der Waals surface area contributed by atoms with Crippen molar-refractivity contribution in [3.05, 3.63) is 79.9 Å². The molecule has 11 nitrogen and oxygen atoms in total. The third-order valence-corrected chi connectivity index (χ3v) is 4.38. The number of methoxy groups -OCH3 is 1. The van der Waals surface area contributed by atoms with E-state index in [4.69, 9.17) is 0 Å². The Bertz CT molecular complexity index is 1230. The molecule has 0 fully saturated rings. The molecule has 2 aromatic heterocycles. The van der Waals surface area contributed by atoms with Crippen LogP contribution < -0.4 is 10.9 Å². The molecule has 0 bridgehead atoms. The van der Waals surface area contributed by atoms with E-state index in [-0.39, 0.29) is 0 Å². The number of carbonyl (C=O) groups is 2. The summed E-state index contributed by atoms with van der Waals surface area (Å²) in [6.45, 7) is 3.15. The number of aryl methyl sites for hydroxylation is 2. The Kier molecular flexibility index (Phi) is 5.95. The highest BCUT2D eigenvalue weighted by molar-refractivity contribution is 5.91. The van der Waals surface area contributed by atoms with Crippen LogP contribution in [0, 0.1) is 24.0 Å². The summed E-state index contributed by atoms with van der Waals surface area (Å²) >= 11 is 0. The zero-order chi connectivity index (χ0) is 22.7. The van der Waals surface area contributed by atoms with Gasteiger partial charge in [0.2, 0.25) is 5.91 Å². The van der Waals surface area contributed by atoms with E-state index in [2.05, 4.69) is 15.2 Å². The Balaban J connectivity index is 1.91. The van der Waals surface area contributed by atoms with Crippen LogP contribution in [-0.4, -0.2) is 38.3 Å². The van der Waals surface area contributed by atoms with E-state index >= 15 is 0 Å². The minimum atomic E-state index is -1.03. The molecule has 0 saturated heterocycles. The smallest absolute Gasteiger partial charge is 0.343 e. The number of hydrogen-bond donors (Lipinski definition) is 1. The summed E-state index contributed by atoms with van der Waals surface area (Å²) in [7, 11) is 1.05. The molecule has 0 spiro atoms. The number of anilines is 1. The highest BCUT2D eigenvalue weighted by Crippen LogP contribution is 2.18. The van der Waals surface area contributed by atoms with Crippen molar-refractivity contribution in [2.45, 2.75) is 20.4 Å². The Morgan fingerprint density at radius 2 is 1.87 bits per heavy atom. The predicted molar refractivity (Wildman–Crippen MR) is 110 cm³/mol. The molecule has 0 aliphatic heterocycles. The monoisotopic (exact) mass is 425 g/mol. The molecule has 0 atom stereocenters. The lowest BCUT2D eigenvalue weighted by molar-refractivity contribution is -0.385. The first-order valence-electron chi connectivity index (χ1n) is 9.10. The third kappa shape index (κ3) is 4.66. The summed E-state index contributed by atoms with van der Waals surface area (Å²) < 4.78 is 6.82. The van der Waals surface area contributed by atoms with Gasteiger partial charge in [-0.1, -0.05) is 17.7 Å². The average Bonchev–Trinajstić information content (AvgIpc) is 3.09. The molecule has 3 rings (SSSR count). The van der Waals surface area contributed by atoms with E-state index in [9.17, 15) is 24.5 Å². The van der Waals surface area contributed by atoms with Gasteiger partial charge in [0.05, 0.1) is 29.6 Å². The van der Waals surface area contributed by atoms with Gasteiger partial charge in [-0.3, -0.25) is 24.3 Å². The van der Waals surface area contributed by atoms with E-state index in [1.54, 1.807) is 13.0 Å². The van der Waals surface area contributed by atoms with E-state index in [0.29, 0.717) is 11.5 Å². The number of amides is 1.